The third-order valence-electron chi connectivity index (χ3n) is 3.15. The van der Waals surface area contributed by atoms with Crippen LogP contribution in [0.1, 0.15) is 37.0 Å². The van der Waals surface area contributed by atoms with Crippen molar-refractivity contribution in [3.63, 3.8) is 0 Å². The van der Waals surface area contributed by atoms with Crippen molar-refractivity contribution in [3.05, 3.63) is 47.5 Å². The van der Waals surface area contributed by atoms with Crippen LogP contribution in [0.5, 0.6) is 0 Å². The maximum atomic E-state index is 10.2. The normalized spacial score (nSPS) is 25.5. The lowest BCUT2D eigenvalue weighted by Crippen LogP contribution is -2.18. The Bertz CT molecular complexity index is 354. The number of allylic oxidation sites excluding steroid dienone is 1. The second kappa shape index (κ2) is 4.63. The molecule has 1 aliphatic carbocycles. The smallest absolute Gasteiger partial charge is 0.0855 e. The molecule has 0 amide bonds. The van der Waals surface area contributed by atoms with Gasteiger partial charge in [0.05, 0.1) is 6.10 Å². The fourth-order valence-corrected chi connectivity index (χ4v) is 2.27. The zero-order valence-corrected chi connectivity index (χ0v) is 9.19. The van der Waals surface area contributed by atoms with Gasteiger partial charge in [-0.25, -0.2) is 0 Å². The van der Waals surface area contributed by atoms with Gasteiger partial charge in [0.1, 0.15) is 0 Å². The molecule has 15 heavy (non-hydrogen) atoms. The molecule has 0 saturated carbocycles. The highest BCUT2D eigenvalue weighted by atomic mass is 16.3. The van der Waals surface area contributed by atoms with Crippen molar-refractivity contribution in [1.29, 1.82) is 0 Å². The van der Waals surface area contributed by atoms with Gasteiger partial charge < -0.3 is 5.11 Å². The van der Waals surface area contributed by atoms with Crippen LogP contribution in [0.3, 0.4) is 0 Å². The summed E-state index contributed by atoms with van der Waals surface area (Å²) in [6, 6.07) is 8.23. The van der Waals surface area contributed by atoms with Gasteiger partial charge in [0.2, 0.25) is 0 Å². The van der Waals surface area contributed by atoms with Gasteiger partial charge in [0.25, 0.3) is 0 Å². The molecular formula is C14H18O. The standard InChI is InChI=1S/C14H18O/c1-2-3-6-12-10-9-11-7-4-5-8-13(11)14(12)15/h3-8,12,14-15H,2,9-10H2,1H3/b6-3+/t12-,14+/m1/s1. The van der Waals surface area contributed by atoms with E-state index in [4.69, 9.17) is 0 Å². The lowest BCUT2D eigenvalue weighted by molar-refractivity contribution is 0.118. The minimum absolute atomic E-state index is 0.305. The lowest BCUT2D eigenvalue weighted by Gasteiger charge is -2.27. The Balaban J connectivity index is 2.22. The van der Waals surface area contributed by atoms with Crippen LogP contribution in [0.25, 0.3) is 0 Å². The van der Waals surface area contributed by atoms with E-state index in [1.54, 1.807) is 0 Å². The minimum atomic E-state index is -0.308. The minimum Gasteiger partial charge on any atom is -0.388 e. The fraction of sp³-hybridized carbons (Fsp3) is 0.429. The Kier molecular flexibility index (Phi) is 3.22. The summed E-state index contributed by atoms with van der Waals surface area (Å²) in [6.07, 6.45) is 7.21. The summed E-state index contributed by atoms with van der Waals surface area (Å²) in [5.41, 5.74) is 2.43. The van der Waals surface area contributed by atoms with Crippen molar-refractivity contribution >= 4 is 0 Å². The third kappa shape index (κ3) is 2.13. The van der Waals surface area contributed by atoms with Gasteiger partial charge in [-0.2, -0.15) is 0 Å². The van der Waals surface area contributed by atoms with Gasteiger partial charge in [-0.05, 0) is 30.4 Å². The molecule has 0 bridgehead atoms. The Labute approximate surface area is 91.4 Å². The van der Waals surface area contributed by atoms with E-state index in [0.29, 0.717) is 5.92 Å². The summed E-state index contributed by atoms with van der Waals surface area (Å²) >= 11 is 0. The first kappa shape index (κ1) is 10.4. The quantitative estimate of drug-likeness (QED) is 0.730. The molecular weight excluding hydrogens is 184 g/mol. The van der Waals surface area contributed by atoms with E-state index in [-0.39, 0.29) is 6.10 Å². The average Bonchev–Trinajstić information content (AvgIpc) is 2.29. The maximum absolute atomic E-state index is 10.2. The highest BCUT2D eigenvalue weighted by Crippen LogP contribution is 2.34. The zero-order valence-electron chi connectivity index (χ0n) is 9.19. The van der Waals surface area contributed by atoms with Gasteiger partial charge in [-0.15, -0.1) is 0 Å². The molecule has 0 aliphatic heterocycles. The van der Waals surface area contributed by atoms with Gasteiger partial charge in [0.15, 0.2) is 0 Å². The molecule has 0 radical (unpaired) electrons. The van der Waals surface area contributed by atoms with Crippen molar-refractivity contribution in [2.24, 2.45) is 5.92 Å². The van der Waals surface area contributed by atoms with Crippen LogP contribution in [0.15, 0.2) is 36.4 Å². The number of aliphatic hydroxyl groups is 1. The number of benzene rings is 1. The van der Waals surface area contributed by atoms with E-state index in [0.717, 1.165) is 24.8 Å². The van der Waals surface area contributed by atoms with Crippen LogP contribution in [0.4, 0.5) is 0 Å². The number of aliphatic hydroxyl groups excluding tert-OH is 1. The summed E-state index contributed by atoms with van der Waals surface area (Å²) in [5, 5.41) is 10.2. The van der Waals surface area contributed by atoms with Crippen molar-refractivity contribution in [2.45, 2.75) is 32.3 Å². The zero-order chi connectivity index (χ0) is 10.7. The molecule has 0 heterocycles. The molecule has 0 fully saturated rings. The van der Waals surface area contributed by atoms with Crippen LogP contribution < -0.4 is 0 Å². The van der Waals surface area contributed by atoms with Crippen LogP contribution in [0, 0.1) is 5.92 Å². The molecule has 1 aromatic carbocycles. The van der Waals surface area contributed by atoms with Crippen molar-refractivity contribution < 1.29 is 5.11 Å². The Morgan fingerprint density at radius 1 is 1.40 bits per heavy atom. The molecule has 1 nitrogen and oxygen atoms in total. The van der Waals surface area contributed by atoms with Crippen molar-refractivity contribution in [3.8, 4) is 0 Å². The number of hydrogen-bond donors (Lipinski definition) is 1. The lowest BCUT2D eigenvalue weighted by atomic mass is 9.81. The first-order valence-corrected chi connectivity index (χ1v) is 5.75. The first-order chi connectivity index (χ1) is 7.33. The predicted octanol–water partition coefficient (Wildman–Crippen LogP) is 3.25. The van der Waals surface area contributed by atoms with Gasteiger partial charge in [0, 0.05) is 5.92 Å². The van der Waals surface area contributed by atoms with Crippen molar-refractivity contribution in [2.75, 3.05) is 0 Å². The Morgan fingerprint density at radius 2 is 2.20 bits per heavy atom. The van der Waals surface area contributed by atoms with E-state index >= 15 is 0 Å². The van der Waals surface area contributed by atoms with E-state index in [2.05, 4.69) is 25.1 Å². The molecule has 1 heteroatoms. The van der Waals surface area contributed by atoms with Gasteiger partial charge in [-0.1, -0.05) is 43.3 Å². The number of rotatable bonds is 2. The Morgan fingerprint density at radius 3 is 3.00 bits per heavy atom. The monoisotopic (exact) mass is 202 g/mol. The van der Waals surface area contributed by atoms with E-state index in [1.165, 1.54) is 5.56 Å². The number of hydrogen-bond acceptors (Lipinski definition) is 1. The van der Waals surface area contributed by atoms with E-state index < -0.39 is 0 Å². The van der Waals surface area contributed by atoms with E-state index in [1.807, 2.05) is 18.2 Å². The predicted molar refractivity (Wildman–Crippen MR) is 62.6 cm³/mol. The van der Waals surface area contributed by atoms with Crippen LogP contribution in [-0.2, 0) is 6.42 Å². The molecule has 1 N–H and O–H groups in total. The van der Waals surface area contributed by atoms with Crippen LogP contribution >= 0.6 is 0 Å². The molecule has 80 valence electrons. The Hall–Kier alpha value is -1.08. The molecule has 0 saturated heterocycles. The van der Waals surface area contributed by atoms with Crippen LogP contribution in [0.2, 0.25) is 0 Å². The summed E-state index contributed by atoms with van der Waals surface area (Å²) < 4.78 is 0. The average molecular weight is 202 g/mol. The fourth-order valence-electron chi connectivity index (χ4n) is 2.27. The summed E-state index contributed by atoms with van der Waals surface area (Å²) in [5.74, 6) is 0.305. The first-order valence-electron chi connectivity index (χ1n) is 5.75. The van der Waals surface area contributed by atoms with Gasteiger partial charge in [-0.3, -0.25) is 0 Å². The maximum Gasteiger partial charge on any atom is 0.0855 e. The highest BCUT2D eigenvalue weighted by molar-refractivity contribution is 5.32. The molecule has 0 unspecified atom stereocenters. The SMILES string of the molecule is CC/C=C/[C@@H]1CCc2ccccc2[C@H]1O. The van der Waals surface area contributed by atoms with Gasteiger partial charge >= 0.3 is 0 Å². The molecule has 1 aromatic rings. The molecule has 1 aliphatic rings. The second-order valence-corrected chi connectivity index (χ2v) is 4.18. The molecule has 2 atom stereocenters. The highest BCUT2D eigenvalue weighted by Gasteiger charge is 2.25. The molecule has 0 aromatic heterocycles. The number of fused-ring (bicyclic) bond motifs is 1. The summed E-state index contributed by atoms with van der Waals surface area (Å²) in [4.78, 5) is 0. The third-order valence-corrected chi connectivity index (χ3v) is 3.15. The number of aryl methyl sites for hydroxylation is 1. The van der Waals surface area contributed by atoms with E-state index in [9.17, 15) is 5.11 Å². The molecule has 2 rings (SSSR count). The summed E-state index contributed by atoms with van der Waals surface area (Å²) in [6.45, 7) is 2.12. The summed E-state index contributed by atoms with van der Waals surface area (Å²) in [7, 11) is 0. The largest absolute Gasteiger partial charge is 0.388 e. The van der Waals surface area contributed by atoms with Crippen molar-refractivity contribution in [1.82, 2.24) is 0 Å². The molecule has 0 spiro atoms. The topological polar surface area (TPSA) is 20.2 Å². The second-order valence-electron chi connectivity index (χ2n) is 4.18. The van der Waals surface area contributed by atoms with Crippen LogP contribution in [-0.4, -0.2) is 5.11 Å².